The molecule has 0 bridgehead atoms. The second-order valence-electron chi connectivity index (χ2n) is 4.70. The molecule has 0 aliphatic rings. The third-order valence-electron chi connectivity index (χ3n) is 2.75. The lowest BCUT2D eigenvalue weighted by molar-refractivity contribution is 0.322. The lowest BCUT2D eigenvalue weighted by Crippen LogP contribution is -2.32. The average Bonchev–Trinajstić information content (AvgIpc) is 2.14. The van der Waals surface area contributed by atoms with Gasteiger partial charge in [-0.25, -0.2) is 0 Å². The van der Waals surface area contributed by atoms with E-state index in [1.807, 2.05) is 25.6 Å². The highest BCUT2D eigenvalue weighted by atomic mass is 32.2. The summed E-state index contributed by atoms with van der Waals surface area (Å²) >= 11 is 1.88. The molecule has 0 aliphatic heterocycles. The summed E-state index contributed by atoms with van der Waals surface area (Å²) in [6.45, 7) is 6.31. The number of amidine groups is 1. The van der Waals surface area contributed by atoms with Crippen molar-refractivity contribution in [1.82, 2.24) is 4.90 Å². The highest BCUT2D eigenvalue weighted by molar-refractivity contribution is 7.98. The van der Waals surface area contributed by atoms with Gasteiger partial charge in [-0.1, -0.05) is 13.8 Å². The first-order chi connectivity index (χ1) is 6.90. The average molecular weight is 231 g/mol. The topological polar surface area (TPSA) is 53.1 Å². The number of thioether (sulfide) groups is 1. The molecule has 0 aromatic carbocycles. The van der Waals surface area contributed by atoms with Crippen LogP contribution in [0.5, 0.6) is 0 Å². The van der Waals surface area contributed by atoms with E-state index < -0.39 is 0 Å². The maximum atomic E-state index is 7.45. The maximum Gasteiger partial charge on any atom is 0.0963 e. The van der Waals surface area contributed by atoms with Crippen molar-refractivity contribution in [2.75, 3.05) is 32.1 Å². The maximum absolute atomic E-state index is 7.45. The third-order valence-corrected chi connectivity index (χ3v) is 3.34. The third kappa shape index (κ3) is 6.79. The molecular formula is C11H25N3S. The minimum absolute atomic E-state index is 0.139. The lowest BCUT2D eigenvalue weighted by atomic mass is 9.86. The van der Waals surface area contributed by atoms with Gasteiger partial charge in [0.2, 0.25) is 0 Å². The molecule has 0 aromatic heterocycles. The minimum Gasteiger partial charge on any atom is -0.387 e. The zero-order valence-corrected chi connectivity index (χ0v) is 11.3. The van der Waals surface area contributed by atoms with Gasteiger partial charge in [-0.3, -0.25) is 5.41 Å². The molecule has 0 saturated carbocycles. The van der Waals surface area contributed by atoms with Gasteiger partial charge in [0.1, 0.15) is 0 Å². The molecule has 0 amide bonds. The SMILES string of the molecule is CSCCN(C)CCCC(C)(C)C(=N)N. The molecular weight excluding hydrogens is 206 g/mol. The van der Waals surface area contributed by atoms with E-state index in [1.165, 1.54) is 5.75 Å². The fraction of sp³-hybridized carbons (Fsp3) is 0.909. The monoisotopic (exact) mass is 231 g/mol. The number of rotatable bonds is 8. The number of nitrogens with one attached hydrogen (secondary N) is 1. The molecule has 0 aromatic rings. The number of hydrogen-bond donors (Lipinski definition) is 2. The summed E-state index contributed by atoms with van der Waals surface area (Å²) in [5.74, 6) is 1.49. The van der Waals surface area contributed by atoms with Crippen LogP contribution in [0.2, 0.25) is 0 Å². The van der Waals surface area contributed by atoms with Crippen molar-refractivity contribution in [3.8, 4) is 0 Å². The van der Waals surface area contributed by atoms with Gasteiger partial charge in [0.25, 0.3) is 0 Å². The molecule has 0 spiro atoms. The minimum atomic E-state index is -0.139. The largest absolute Gasteiger partial charge is 0.387 e. The van der Waals surface area contributed by atoms with Gasteiger partial charge in [0.15, 0.2) is 0 Å². The number of nitrogens with two attached hydrogens (primary N) is 1. The molecule has 15 heavy (non-hydrogen) atoms. The van der Waals surface area contributed by atoms with Crippen LogP contribution in [0, 0.1) is 10.8 Å². The van der Waals surface area contributed by atoms with Crippen LogP contribution in [0.1, 0.15) is 26.7 Å². The number of nitrogens with zero attached hydrogens (tertiary/aromatic N) is 1. The van der Waals surface area contributed by atoms with Crippen molar-refractivity contribution in [2.45, 2.75) is 26.7 Å². The van der Waals surface area contributed by atoms with Crippen LogP contribution in [-0.4, -0.2) is 42.9 Å². The van der Waals surface area contributed by atoms with E-state index in [9.17, 15) is 0 Å². The van der Waals surface area contributed by atoms with Gasteiger partial charge >= 0.3 is 0 Å². The first-order valence-electron chi connectivity index (χ1n) is 5.42. The summed E-state index contributed by atoms with van der Waals surface area (Å²) in [6, 6.07) is 0. The zero-order chi connectivity index (χ0) is 11.9. The highest BCUT2D eigenvalue weighted by Gasteiger charge is 2.20. The Kier molecular flexibility index (Phi) is 7.02. The van der Waals surface area contributed by atoms with E-state index in [0.29, 0.717) is 5.84 Å². The van der Waals surface area contributed by atoms with E-state index in [1.54, 1.807) is 0 Å². The van der Waals surface area contributed by atoms with E-state index in [-0.39, 0.29) is 5.41 Å². The van der Waals surface area contributed by atoms with E-state index >= 15 is 0 Å². The van der Waals surface area contributed by atoms with Gasteiger partial charge < -0.3 is 10.6 Å². The van der Waals surface area contributed by atoms with E-state index in [4.69, 9.17) is 11.1 Å². The summed E-state index contributed by atoms with van der Waals surface area (Å²) in [4.78, 5) is 2.34. The van der Waals surface area contributed by atoms with E-state index in [0.717, 1.165) is 25.9 Å². The summed E-state index contributed by atoms with van der Waals surface area (Å²) in [5.41, 5.74) is 5.40. The van der Waals surface area contributed by atoms with Crippen LogP contribution in [0.15, 0.2) is 0 Å². The molecule has 0 heterocycles. The predicted molar refractivity (Wildman–Crippen MR) is 70.8 cm³/mol. The van der Waals surface area contributed by atoms with Crippen LogP contribution in [0.3, 0.4) is 0 Å². The molecule has 4 heteroatoms. The Balaban J connectivity index is 3.65. The van der Waals surface area contributed by atoms with Crippen LogP contribution in [0.25, 0.3) is 0 Å². The molecule has 0 saturated heterocycles. The Hall–Kier alpha value is -0.220. The second kappa shape index (κ2) is 7.12. The fourth-order valence-electron chi connectivity index (χ4n) is 1.28. The van der Waals surface area contributed by atoms with Crippen molar-refractivity contribution < 1.29 is 0 Å². The second-order valence-corrected chi connectivity index (χ2v) is 5.68. The molecule has 0 rings (SSSR count). The lowest BCUT2D eigenvalue weighted by Gasteiger charge is -2.24. The van der Waals surface area contributed by atoms with Crippen molar-refractivity contribution >= 4 is 17.6 Å². The Morgan fingerprint density at radius 3 is 2.47 bits per heavy atom. The van der Waals surface area contributed by atoms with E-state index in [2.05, 4.69) is 18.2 Å². The highest BCUT2D eigenvalue weighted by Crippen LogP contribution is 2.21. The molecule has 0 atom stereocenters. The standard InChI is InChI=1S/C11H25N3S/c1-11(2,10(12)13)6-5-7-14(3)8-9-15-4/h5-9H2,1-4H3,(H3,12,13). The summed E-state index contributed by atoms with van der Waals surface area (Å²) in [6.07, 6.45) is 4.23. The van der Waals surface area contributed by atoms with Crippen LogP contribution >= 0.6 is 11.8 Å². The molecule has 3 nitrogen and oxygen atoms in total. The molecule has 0 radical (unpaired) electrons. The van der Waals surface area contributed by atoms with Crippen molar-refractivity contribution in [3.05, 3.63) is 0 Å². The molecule has 3 N–H and O–H groups in total. The van der Waals surface area contributed by atoms with Crippen molar-refractivity contribution in [1.29, 1.82) is 5.41 Å². The molecule has 90 valence electrons. The van der Waals surface area contributed by atoms with Gasteiger partial charge in [0, 0.05) is 17.7 Å². The molecule has 0 fully saturated rings. The first-order valence-corrected chi connectivity index (χ1v) is 6.81. The normalized spacial score (nSPS) is 12.1. The first kappa shape index (κ1) is 14.8. The molecule has 0 unspecified atom stereocenters. The summed E-state index contributed by atoms with van der Waals surface area (Å²) in [7, 11) is 2.15. The van der Waals surface area contributed by atoms with Crippen LogP contribution in [-0.2, 0) is 0 Å². The Labute approximate surface area is 98.3 Å². The Bertz CT molecular complexity index is 192. The van der Waals surface area contributed by atoms with Crippen molar-refractivity contribution in [3.63, 3.8) is 0 Å². The quantitative estimate of drug-likeness (QED) is 0.496. The predicted octanol–water partition coefficient (Wildman–Crippen LogP) is 2.02. The van der Waals surface area contributed by atoms with Gasteiger partial charge in [-0.05, 0) is 32.7 Å². The Morgan fingerprint density at radius 2 is 2.00 bits per heavy atom. The van der Waals surface area contributed by atoms with Gasteiger partial charge in [0.05, 0.1) is 5.84 Å². The zero-order valence-electron chi connectivity index (χ0n) is 10.5. The van der Waals surface area contributed by atoms with Gasteiger partial charge in [-0.15, -0.1) is 0 Å². The fourth-order valence-corrected chi connectivity index (χ4v) is 1.78. The summed E-state index contributed by atoms with van der Waals surface area (Å²) < 4.78 is 0. The molecule has 0 aliphatic carbocycles. The smallest absolute Gasteiger partial charge is 0.0963 e. The number of hydrogen-bond acceptors (Lipinski definition) is 3. The Morgan fingerprint density at radius 1 is 1.40 bits per heavy atom. The van der Waals surface area contributed by atoms with Crippen LogP contribution in [0.4, 0.5) is 0 Å². The summed E-state index contributed by atoms with van der Waals surface area (Å²) in [5, 5.41) is 7.45. The van der Waals surface area contributed by atoms with Gasteiger partial charge in [-0.2, -0.15) is 11.8 Å². The van der Waals surface area contributed by atoms with Crippen LogP contribution < -0.4 is 5.73 Å². The van der Waals surface area contributed by atoms with Crippen molar-refractivity contribution in [2.24, 2.45) is 11.1 Å².